The Balaban J connectivity index is 2.43. The minimum atomic E-state index is -0.576. The summed E-state index contributed by atoms with van der Waals surface area (Å²) in [4.78, 5) is 11.7. The first-order valence-electron chi connectivity index (χ1n) is 6.85. The van der Waals surface area contributed by atoms with Crippen molar-refractivity contribution in [3.63, 3.8) is 0 Å². The second-order valence-corrected chi connectivity index (χ2v) is 5.23. The average molecular weight is 284 g/mol. The summed E-state index contributed by atoms with van der Waals surface area (Å²) in [5, 5.41) is 5.88. The molecular weight excluding hydrogens is 262 g/mol. The molecule has 0 fully saturated rings. The molecule has 5 heteroatoms. The molecule has 0 aliphatic heterocycles. The summed E-state index contributed by atoms with van der Waals surface area (Å²) in [5.41, 5.74) is 0.0144. The summed E-state index contributed by atoms with van der Waals surface area (Å²) >= 11 is 0. The lowest BCUT2D eigenvalue weighted by atomic mass is 10.1. The summed E-state index contributed by atoms with van der Waals surface area (Å²) < 4.78 is 27.0. The zero-order valence-electron chi connectivity index (χ0n) is 12.2. The maximum Gasteiger partial charge on any atom is 0.221 e. The number of benzene rings is 1. The normalized spacial score (nSPS) is 12.5. The molecule has 1 aromatic rings. The Labute approximate surface area is 118 Å². The number of carbonyl (C=O) groups is 1. The maximum atomic E-state index is 13.5. The smallest absolute Gasteiger partial charge is 0.221 e. The van der Waals surface area contributed by atoms with Gasteiger partial charge in [0.1, 0.15) is 11.6 Å². The summed E-state index contributed by atoms with van der Waals surface area (Å²) in [7, 11) is 0. The quantitative estimate of drug-likeness (QED) is 0.807. The lowest BCUT2D eigenvalue weighted by Crippen LogP contribution is -2.37. The molecule has 1 amide bonds. The topological polar surface area (TPSA) is 41.1 Å². The number of halogens is 2. The van der Waals surface area contributed by atoms with Crippen molar-refractivity contribution in [3.05, 3.63) is 35.4 Å². The van der Waals surface area contributed by atoms with E-state index in [1.54, 1.807) is 6.92 Å². The molecule has 1 unspecified atom stereocenters. The third kappa shape index (κ3) is 5.65. The van der Waals surface area contributed by atoms with Crippen LogP contribution in [-0.2, 0) is 11.2 Å². The fourth-order valence-electron chi connectivity index (χ4n) is 1.91. The van der Waals surface area contributed by atoms with Gasteiger partial charge in [-0.3, -0.25) is 4.79 Å². The predicted molar refractivity (Wildman–Crippen MR) is 75.4 cm³/mol. The first-order valence-corrected chi connectivity index (χ1v) is 6.85. The van der Waals surface area contributed by atoms with Gasteiger partial charge in [-0.25, -0.2) is 8.78 Å². The molecule has 3 nitrogen and oxygen atoms in total. The van der Waals surface area contributed by atoms with Gasteiger partial charge < -0.3 is 10.6 Å². The Bertz CT molecular complexity index is 429. The highest BCUT2D eigenvalue weighted by molar-refractivity contribution is 5.76. The second-order valence-electron chi connectivity index (χ2n) is 5.23. The Hall–Kier alpha value is -1.49. The highest BCUT2D eigenvalue weighted by Gasteiger charge is 2.14. The number of nitrogens with one attached hydrogen (secondary N) is 2. The van der Waals surface area contributed by atoms with Crippen LogP contribution in [0.2, 0.25) is 0 Å². The van der Waals surface area contributed by atoms with Crippen LogP contribution in [0.4, 0.5) is 8.78 Å². The Morgan fingerprint density at radius 3 is 2.35 bits per heavy atom. The number of amides is 1. The van der Waals surface area contributed by atoms with E-state index in [1.807, 2.05) is 13.8 Å². The van der Waals surface area contributed by atoms with Crippen molar-refractivity contribution in [2.45, 2.75) is 45.7 Å². The van der Waals surface area contributed by atoms with Crippen LogP contribution in [0.1, 0.15) is 32.8 Å². The number of carbonyl (C=O) groups excluding carboxylic acids is 1. The van der Waals surface area contributed by atoms with E-state index in [0.717, 1.165) is 0 Å². The molecule has 0 aromatic heterocycles. The number of hydrogen-bond acceptors (Lipinski definition) is 2. The summed E-state index contributed by atoms with van der Waals surface area (Å²) in [5.74, 6) is -1.28. The van der Waals surface area contributed by atoms with Crippen LogP contribution in [0.15, 0.2) is 18.2 Å². The van der Waals surface area contributed by atoms with Gasteiger partial charge in [0.2, 0.25) is 5.91 Å². The molecule has 1 atom stereocenters. The van der Waals surface area contributed by atoms with E-state index in [9.17, 15) is 13.6 Å². The van der Waals surface area contributed by atoms with E-state index in [-0.39, 0.29) is 23.9 Å². The van der Waals surface area contributed by atoms with Gasteiger partial charge in [0, 0.05) is 30.6 Å². The van der Waals surface area contributed by atoms with Gasteiger partial charge >= 0.3 is 0 Å². The lowest BCUT2D eigenvalue weighted by Gasteiger charge is -2.15. The number of rotatable bonds is 7. The van der Waals surface area contributed by atoms with Crippen molar-refractivity contribution in [2.75, 3.05) is 6.54 Å². The fourth-order valence-corrected chi connectivity index (χ4v) is 1.91. The number of hydrogen-bond donors (Lipinski definition) is 2. The lowest BCUT2D eigenvalue weighted by molar-refractivity contribution is -0.121. The third-order valence-electron chi connectivity index (χ3n) is 2.88. The molecule has 1 aromatic carbocycles. The van der Waals surface area contributed by atoms with Crippen LogP contribution >= 0.6 is 0 Å². The molecule has 0 bridgehead atoms. The van der Waals surface area contributed by atoms with E-state index >= 15 is 0 Å². The standard InChI is InChI=1S/C15H22F2N2O/c1-10(2)18-8-7-15(20)19-11(3)9-12-13(16)5-4-6-14(12)17/h4-6,10-11,18H,7-9H2,1-3H3,(H,19,20). The summed E-state index contributed by atoms with van der Waals surface area (Å²) in [6.07, 6.45) is 0.490. The van der Waals surface area contributed by atoms with E-state index in [0.29, 0.717) is 19.0 Å². The minimum absolute atomic E-state index is 0.0144. The third-order valence-corrected chi connectivity index (χ3v) is 2.88. The van der Waals surface area contributed by atoms with Crippen LogP contribution in [0.25, 0.3) is 0 Å². The van der Waals surface area contributed by atoms with Crippen molar-refractivity contribution in [3.8, 4) is 0 Å². The van der Waals surface area contributed by atoms with Gasteiger partial charge in [-0.05, 0) is 25.5 Å². The van der Waals surface area contributed by atoms with E-state index < -0.39 is 11.6 Å². The molecule has 112 valence electrons. The Morgan fingerprint density at radius 2 is 1.80 bits per heavy atom. The predicted octanol–water partition coefficient (Wildman–Crippen LogP) is 2.40. The Morgan fingerprint density at radius 1 is 1.20 bits per heavy atom. The molecule has 0 aliphatic carbocycles. The fraction of sp³-hybridized carbons (Fsp3) is 0.533. The van der Waals surface area contributed by atoms with Gasteiger partial charge in [0.05, 0.1) is 0 Å². The van der Waals surface area contributed by atoms with Crippen LogP contribution < -0.4 is 10.6 Å². The zero-order chi connectivity index (χ0) is 15.1. The second kappa shape index (κ2) is 7.94. The molecule has 0 heterocycles. The van der Waals surface area contributed by atoms with E-state index in [2.05, 4.69) is 10.6 Å². The van der Waals surface area contributed by atoms with Gasteiger partial charge in [-0.2, -0.15) is 0 Å². The van der Waals surface area contributed by atoms with Gasteiger partial charge in [-0.15, -0.1) is 0 Å². The highest BCUT2D eigenvalue weighted by atomic mass is 19.1. The molecule has 0 radical (unpaired) electrons. The molecule has 2 N–H and O–H groups in total. The molecule has 0 spiro atoms. The SMILES string of the molecule is CC(C)NCCC(=O)NC(C)Cc1c(F)cccc1F. The van der Waals surface area contributed by atoms with E-state index in [4.69, 9.17) is 0 Å². The molecule has 1 rings (SSSR count). The monoisotopic (exact) mass is 284 g/mol. The van der Waals surface area contributed by atoms with Crippen molar-refractivity contribution in [1.29, 1.82) is 0 Å². The molecule has 0 saturated carbocycles. The summed E-state index contributed by atoms with van der Waals surface area (Å²) in [6.45, 7) is 6.33. The van der Waals surface area contributed by atoms with Crippen molar-refractivity contribution in [2.24, 2.45) is 0 Å². The first kappa shape index (κ1) is 16.6. The van der Waals surface area contributed by atoms with Crippen molar-refractivity contribution >= 4 is 5.91 Å². The zero-order valence-corrected chi connectivity index (χ0v) is 12.2. The minimum Gasteiger partial charge on any atom is -0.353 e. The van der Waals surface area contributed by atoms with Crippen LogP contribution in [0.5, 0.6) is 0 Å². The molecule has 0 aliphatic rings. The van der Waals surface area contributed by atoms with Crippen LogP contribution in [-0.4, -0.2) is 24.5 Å². The van der Waals surface area contributed by atoms with Crippen molar-refractivity contribution < 1.29 is 13.6 Å². The van der Waals surface area contributed by atoms with Crippen LogP contribution in [0.3, 0.4) is 0 Å². The van der Waals surface area contributed by atoms with E-state index in [1.165, 1.54) is 18.2 Å². The van der Waals surface area contributed by atoms with Gasteiger partial charge in [0.15, 0.2) is 0 Å². The maximum absolute atomic E-state index is 13.5. The average Bonchev–Trinajstić information content (AvgIpc) is 2.33. The largest absolute Gasteiger partial charge is 0.353 e. The Kier molecular flexibility index (Phi) is 6.58. The van der Waals surface area contributed by atoms with Gasteiger partial charge in [0.25, 0.3) is 0 Å². The van der Waals surface area contributed by atoms with Crippen molar-refractivity contribution in [1.82, 2.24) is 10.6 Å². The first-order chi connectivity index (χ1) is 9.40. The molecular formula is C15H22F2N2O. The van der Waals surface area contributed by atoms with Gasteiger partial charge in [-0.1, -0.05) is 19.9 Å². The molecule has 0 saturated heterocycles. The van der Waals surface area contributed by atoms with Crippen LogP contribution in [0, 0.1) is 11.6 Å². The molecule has 20 heavy (non-hydrogen) atoms. The highest BCUT2D eigenvalue weighted by Crippen LogP contribution is 2.14. The summed E-state index contributed by atoms with van der Waals surface area (Å²) in [6, 6.07) is 3.79.